The van der Waals surface area contributed by atoms with Gasteiger partial charge >= 0.3 is 5.97 Å². The topological polar surface area (TPSA) is 92.6 Å². The van der Waals surface area contributed by atoms with Crippen molar-refractivity contribution in [2.75, 3.05) is 20.7 Å². The molecular weight excluding hydrogens is 214 g/mol. The molecule has 7 nitrogen and oxygen atoms in total. The average Bonchev–Trinajstić information content (AvgIpc) is 2.26. The van der Waals surface area contributed by atoms with Gasteiger partial charge in [0, 0.05) is 20.2 Å². The lowest BCUT2D eigenvalue weighted by Crippen LogP contribution is -2.23. The van der Waals surface area contributed by atoms with Crippen molar-refractivity contribution >= 4 is 11.9 Å². The molecule has 86 valence electrons. The zero-order valence-electron chi connectivity index (χ0n) is 8.88. The van der Waals surface area contributed by atoms with Gasteiger partial charge in [-0.1, -0.05) is 0 Å². The van der Waals surface area contributed by atoms with Crippen molar-refractivity contribution in [3.8, 4) is 5.88 Å². The van der Waals surface area contributed by atoms with Crippen LogP contribution in [0.5, 0.6) is 5.88 Å². The fourth-order valence-corrected chi connectivity index (χ4v) is 0.876. The van der Waals surface area contributed by atoms with Gasteiger partial charge in [-0.15, -0.1) is 10.2 Å². The normalized spacial score (nSPS) is 9.62. The van der Waals surface area contributed by atoms with Gasteiger partial charge < -0.3 is 14.7 Å². The third kappa shape index (κ3) is 3.19. The van der Waals surface area contributed by atoms with Gasteiger partial charge in [-0.3, -0.25) is 4.79 Å². The highest BCUT2D eigenvalue weighted by Gasteiger charge is 2.10. The molecule has 16 heavy (non-hydrogen) atoms. The number of nitrogens with zero attached hydrogens (tertiary/aromatic N) is 3. The van der Waals surface area contributed by atoms with Crippen LogP contribution in [0.25, 0.3) is 0 Å². The zero-order chi connectivity index (χ0) is 12.1. The van der Waals surface area contributed by atoms with E-state index in [1.54, 1.807) is 14.1 Å². The summed E-state index contributed by atoms with van der Waals surface area (Å²) in [4.78, 5) is 23.0. The zero-order valence-corrected chi connectivity index (χ0v) is 8.88. The summed E-state index contributed by atoms with van der Waals surface area (Å²) in [6.07, 6.45) is 0. The van der Waals surface area contributed by atoms with Gasteiger partial charge in [-0.05, 0) is 6.07 Å². The van der Waals surface area contributed by atoms with Crippen LogP contribution < -0.4 is 4.74 Å². The van der Waals surface area contributed by atoms with E-state index < -0.39 is 12.6 Å². The predicted molar refractivity (Wildman–Crippen MR) is 53.2 cm³/mol. The Morgan fingerprint density at radius 2 is 2.06 bits per heavy atom. The summed E-state index contributed by atoms with van der Waals surface area (Å²) in [6, 6.07) is 2.82. The number of hydrogen-bond donors (Lipinski definition) is 1. The third-order valence-electron chi connectivity index (χ3n) is 1.61. The molecule has 1 heterocycles. The van der Waals surface area contributed by atoms with Gasteiger partial charge in [0.15, 0.2) is 12.3 Å². The molecule has 0 aliphatic heterocycles. The molecule has 0 saturated heterocycles. The highest BCUT2D eigenvalue weighted by Crippen LogP contribution is 2.05. The van der Waals surface area contributed by atoms with Crippen LogP contribution in [-0.2, 0) is 4.79 Å². The van der Waals surface area contributed by atoms with Crippen molar-refractivity contribution in [2.45, 2.75) is 0 Å². The summed E-state index contributed by atoms with van der Waals surface area (Å²) in [6.45, 7) is -0.490. The summed E-state index contributed by atoms with van der Waals surface area (Å²) in [7, 11) is 3.19. The first-order valence-corrected chi connectivity index (χ1v) is 4.40. The Kier molecular flexibility index (Phi) is 3.76. The number of hydrogen-bond acceptors (Lipinski definition) is 5. The maximum Gasteiger partial charge on any atom is 0.341 e. The van der Waals surface area contributed by atoms with Crippen molar-refractivity contribution in [1.82, 2.24) is 15.1 Å². The quantitative estimate of drug-likeness (QED) is 0.752. The van der Waals surface area contributed by atoms with Gasteiger partial charge in [0.2, 0.25) is 5.88 Å². The highest BCUT2D eigenvalue weighted by atomic mass is 16.5. The van der Waals surface area contributed by atoms with Crippen molar-refractivity contribution in [3.05, 3.63) is 17.8 Å². The molecule has 1 N–H and O–H groups in total. The molecule has 0 aliphatic rings. The Labute approximate surface area is 91.7 Å². The van der Waals surface area contributed by atoms with Crippen molar-refractivity contribution < 1.29 is 19.4 Å². The van der Waals surface area contributed by atoms with Gasteiger partial charge in [-0.25, -0.2) is 4.79 Å². The second kappa shape index (κ2) is 5.06. The molecule has 1 rings (SSSR count). The molecule has 0 aromatic carbocycles. The second-order valence-electron chi connectivity index (χ2n) is 3.14. The van der Waals surface area contributed by atoms with E-state index in [0.717, 1.165) is 0 Å². The van der Waals surface area contributed by atoms with Crippen molar-refractivity contribution in [1.29, 1.82) is 0 Å². The predicted octanol–water partition coefficient (Wildman–Crippen LogP) is -0.358. The molecule has 1 amide bonds. The summed E-state index contributed by atoms with van der Waals surface area (Å²) < 4.78 is 4.76. The Bertz CT molecular complexity index is 388. The highest BCUT2D eigenvalue weighted by molar-refractivity contribution is 5.91. The molecule has 1 aromatic heterocycles. The minimum atomic E-state index is -1.10. The number of aliphatic carboxylic acids is 1. The molecule has 0 atom stereocenters. The van der Waals surface area contributed by atoms with Crippen molar-refractivity contribution in [2.24, 2.45) is 0 Å². The molecule has 0 fully saturated rings. The first-order valence-electron chi connectivity index (χ1n) is 4.40. The molecule has 0 spiro atoms. The summed E-state index contributed by atoms with van der Waals surface area (Å²) in [5.41, 5.74) is 0.174. The fraction of sp³-hybridized carbons (Fsp3) is 0.333. The molecule has 1 aromatic rings. The fourth-order valence-electron chi connectivity index (χ4n) is 0.876. The Morgan fingerprint density at radius 3 is 2.50 bits per heavy atom. The minimum Gasteiger partial charge on any atom is -0.479 e. The van der Waals surface area contributed by atoms with Crippen LogP contribution in [0.2, 0.25) is 0 Å². The molecular formula is C9H11N3O4. The number of rotatable bonds is 4. The molecule has 0 unspecified atom stereocenters. The maximum atomic E-state index is 11.4. The number of amides is 1. The smallest absolute Gasteiger partial charge is 0.341 e. The summed E-state index contributed by atoms with van der Waals surface area (Å²) in [5.74, 6) is -1.31. The second-order valence-corrected chi connectivity index (χ2v) is 3.14. The first-order chi connectivity index (χ1) is 7.50. The van der Waals surface area contributed by atoms with Crippen LogP contribution in [-0.4, -0.2) is 52.8 Å². The summed E-state index contributed by atoms with van der Waals surface area (Å²) in [5, 5.41) is 15.5. The standard InChI is InChI=1S/C9H11N3O4/c1-12(2)9(15)6-3-4-7(11-10-6)16-5-8(13)14/h3-4H,5H2,1-2H3,(H,13,14). The Hall–Kier alpha value is -2.18. The van der Waals surface area contributed by atoms with E-state index in [-0.39, 0.29) is 17.5 Å². The Balaban J connectivity index is 2.68. The van der Waals surface area contributed by atoms with E-state index in [9.17, 15) is 9.59 Å². The van der Waals surface area contributed by atoms with Crippen LogP contribution in [0.4, 0.5) is 0 Å². The molecule has 0 radical (unpaired) electrons. The van der Waals surface area contributed by atoms with E-state index >= 15 is 0 Å². The molecule has 0 aliphatic carbocycles. The number of carboxylic acid groups (broad SMARTS) is 1. The van der Waals surface area contributed by atoms with E-state index in [1.807, 2.05) is 0 Å². The molecule has 0 bridgehead atoms. The maximum absolute atomic E-state index is 11.4. The Morgan fingerprint density at radius 1 is 1.38 bits per heavy atom. The lowest BCUT2D eigenvalue weighted by molar-refractivity contribution is -0.139. The van der Waals surface area contributed by atoms with Crippen LogP contribution in [0.3, 0.4) is 0 Å². The molecule has 7 heteroatoms. The number of carbonyl (C=O) groups excluding carboxylic acids is 1. The number of carbonyl (C=O) groups is 2. The van der Waals surface area contributed by atoms with Gasteiger partial charge in [0.05, 0.1) is 0 Å². The van der Waals surface area contributed by atoms with E-state index in [2.05, 4.69) is 10.2 Å². The first kappa shape index (κ1) is 11.9. The lowest BCUT2D eigenvalue weighted by Gasteiger charge is -2.08. The van der Waals surface area contributed by atoms with Crippen LogP contribution in [0.15, 0.2) is 12.1 Å². The SMILES string of the molecule is CN(C)C(=O)c1ccc(OCC(=O)O)nn1. The minimum absolute atomic E-state index is 0.0673. The van der Waals surface area contributed by atoms with E-state index in [4.69, 9.17) is 9.84 Å². The van der Waals surface area contributed by atoms with Crippen molar-refractivity contribution in [3.63, 3.8) is 0 Å². The van der Waals surface area contributed by atoms with Crippen LogP contribution in [0.1, 0.15) is 10.5 Å². The molecule has 0 saturated carbocycles. The number of carboxylic acids is 1. The number of ether oxygens (including phenoxy) is 1. The third-order valence-corrected chi connectivity index (χ3v) is 1.61. The van der Waals surface area contributed by atoms with Gasteiger partial charge in [-0.2, -0.15) is 0 Å². The average molecular weight is 225 g/mol. The van der Waals surface area contributed by atoms with Crippen LogP contribution >= 0.6 is 0 Å². The largest absolute Gasteiger partial charge is 0.479 e. The van der Waals surface area contributed by atoms with Crippen LogP contribution in [0, 0.1) is 0 Å². The monoisotopic (exact) mass is 225 g/mol. The van der Waals surface area contributed by atoms with E-state index in [1.165, 1.54) is 17.0 Å². The number of aromatic nitrogens is 2. The summed E-state index contributed by atoms with van der Waals surface area (Å²) >= 11 is 0. The van der Waals surface area contributed by atoms with Gasteiger partial charge in [0.25, 0.3) is 5.91 Å². The lowest BCUT2D eigenvalue weighted by atomic mass is 10.3. The van der Waals surface area contributed by atoms with Gasteiger partial charge in [0.1, 0.15) is 0 Å². The van der Waals surface area contributed by atoms with E-state index in [0.29, 0.717) is 0 Å².